The quantitative estimate of drug-likeness (QED) is 0.827. The zero-order chi connectivity index (χ0) is 14.4. The van der Waals surface area contributed by atoms with E-state index >= 15 is 0 Å². The van der Waals surface area contributed by atoms with E-state index in [1.165, 1.54) is 0 Å². The van der Waals surface area contributed by atoms with Gasteiger partial charge in [-0.3, -0.25) is 9.59 Å². The molecule has 0 heterocycles. The summed E-state index contributed by atoms with van der Waals surface area (Å²) in [4.78, 5) is 23.0. The van der Waals surface area contributed by atoms with Gasteiger partial charge in [0.2, 0.25) is 5.91 Å². The number of nitrogens with one attached hydrogen (secondary N) is 1. The van der Waals surface area contributed by atoms with Crippen LogP contribution in [-0.4, -0.2) is 23.5 Å². The lowest BCUT2D eigenvalue weighted by molar-refractivity contribution is -0.143. The summed E-state index contributed by atoms with van der Waals surface area (Å²) in [5, 5.41) is 11.8. The highest BCUT2D eigenvalue weighted by Crippen LogP contribution is 2.15. The van der Waals surface area contributed by atoms with Crippen LogP contribution in [0.3, 0.4) is 0 Å². The first-order chi connectivity index (χ1) is 8.93. The fourth-order valence-corrected chi connectivity index (χ4v) is 1.86. The molecule has 4 nitrogen and oxygen atoms in total. The molecule has 2 N–H and O–H groups in total. The van der Waals surface area contributed by atoms with Crippen molar-refractivity contribution >= 4 is 11.9 Å². The minimum atomic E-state index is -0.873. The van der Waals surface area contributed by atoms with E-state index in [9.17, 15) is 9.59 Å². The Bertz CT molecular complexity index is 428. The maximum Gasteiger partial charge on any atom is 0.308 e. The second-order valence-electron chi connectivity index (χ2n) is 5.07. The van der Waals surface area contributed by atoms with E-state index in [0.29, 0.717) is 0 Å². The number of hydrogen-bond donors (Lipinski definition) is 2. The second kappa shape index (κ2) is 6.92. The predicted molar refractivity (Wildman–Crippen MR) is 73.8 cm³/mol. The number of hydrogen-bond acceptors (Lipinski definition) is 2. The third-order valence-corrected chi connectivity index (χ3v) is 3.31. The van der Waals surface area contributed by atoms with Gasteiger partial charge in [0.25, 0.3) is 0 Å². The summed E-state index contributed by atoms with van der Waals surface area (Å²) < 4.78 is 0. The molecule has 1 aromatic carbocycles. The van der Waals surface area contributed by atoms with Crippen LogP contribution in [-0.2, 0) is 9.59 Å². The summed E-state index contributed by atoms with van der Waals surface area (Å²) in [5.41, 5.74) is 0.927. The number of carbonyl (C=O) groups excluding carboxylic acids is 1. The summed E-state index contributed by atoms with van der Waals surface area (Å²) in [5.74, 6) is -1.85. The lowest BCUT2D eigenvalue weighted by Crippen LogP contribution is -2.37. The van der Waals surface area contributed by atoms with Crippen molar-refractivity contribution in [1.82, 2.24) is 5.32 Å². The summed E-state index contributed by atoms with van der Waals surface area (Å²) in [6, 6.07) is 9.44. The summed E-state index contributed by atoms with van der Waals surface area (Å²) in [7, 11) is 0. The van der Waals surface area contributed by atoms with E-state index in [0.717, 1.165) is 5.56 Å². The van der Waals surface area contributed by atoms with Gasteiger partial charge in [-0.05, 0) is 18.4 Å². The van der Waals surface area contributed by atoms with E-state index in [1.807, 2.05) is 51.1 Å². The zero-order valence-corrected chi connectivity index (χ0v) is 11.6. The third-order valence-electron chi connectivity index (χ3n) is 3.31. The number of aliphatic carboxylic acids is 1. The second-order valence-corrected chi connectivity index (χ2v) is 5.07. The van der Waals surface area contributed by atoms with Gasteiger partial charge in [-0.25, -0.2) is 0 Å². The third kappa shape index (κ3) is 4.39. The number of rotatable bonds is 6. The van der Waals surface area contributed by atoms with E-state index in [-0.39, 0.29) is 24.3 Å². The SMILES string of the molecule is CC(C(=O)NCC(C(=O)O)C(C)C)c1ccccc1. The summed E-state index contributed by atoms with van der Waals surface area (Å²) >= 11 is 0. The molecule has 0 saturated heterocycles. The maximum absolute atomic E-state index is 12.0. The summed E-state index contributed by atoms with van der Waals surface area (Å²) in [6.07, 6.45) is 0. The monoisotopic (exact) mass is 263 g/mol. The molecule has 0 bridgehead atoms. The first-order valence-electron chi connectivity index (χ1n) is 6.49. The topological polar surface area (TPSA) is 66.4 Å². The molecule has 0 aliphatic carbocycles. The molecule has 1 amide bonds. The maximum atomic E-state index is 12.0. The average Bonchev–Trinajstić information content (AvgIpc) is 2.38. The van der Waals surface area contributed by atoms with Gasteiger partial charge in [0.1, 0.15) is 0 Å². The van der Waals surface area contributed by atoms with Crippen molar-refractivity contribution < 1.29 is 14.7 Å². The van der Waals surface area contributed by atoms with Gasteiger partial charge in [0.15, 0.2) is 0 Å². The zero-order valence-electron chi connectivity index (χ0n) is 11.6. The normalized spacial score (nSPS) is 13.9. The first kappa shape index (κ1) is 15.2. The molecule has 2 unspecified atom stereocenters. The van der Waals surface area contributed by atoms with Crippen molar-refractivity contribution in [3.8, 4) is 0 Å². The number of carboxylic acids is 1. The van der Waals surface area contributed by atoms with Gasteiger partial charge in [0.05, 0.1) is 11.8 Å². The standard InChI is InChI=1S/C15H21NO3/c1-10(2)13(15(18)19)9-16-14(17)11(3)12-7-5-4-6-8-12/h4-8,10-11,13H,9H2,1-3H3,(H,16,17)(H,18,19). The number of carboxylic acid groups (broad SMARTS) is 1. The molecule has 0 aliphatic rings. The van der Waals surface area contributed by atoms with Crippen molar-refractivity contribution in [1.29, 1.82) is 0 Å². The predicted octanol–water partition coefficient (Wildman–Crippen LogP) is 2.26. The molecule has 1 aromatic rings. The van der Waals surface area contributed by atoms with Crippen LogP contribution in [0.15, 0.2) is 30.3 Å². The smallest absolute Gasteiger partial charge is 0.308 e. The molecule has 0 aliphatic heterocycles. The van der Waals surface area contributed by atoms with Gasteiger partial charge < -0.3 is 10.4 Å². The van der Waals surface area contributed by atoms with Crippen LogP contribution >= 0.6 is 0 Å². The molecule has 4 heteroatoms. The van der Waals surface area contributed by atoms with Gasteiger partial charge >= 0.3 is 5.97 Å². The molecule has 1 rings (SSSR count). The number of carbonyl (C=O) groups is 2. The van der Waals surface area contributed by atoms with Crippen LogP contribution in [0.5, 0.6) is 0 Å². The van der Waals surface area contributed by atoms with Crippen LogP contribution in [0.4, 0.5) is 0 Å². The van der Waals surface area contributed by atoms with Gasteiger partial charge in [-0.15, -0.1) is 0 Å². The highest BCUT2D eigenvalue weighted by molar-refractivity contribution is 5.83. The highest BCUT2D eigenvalue weighted by atomic mass is 16.4. The van der Waals surface area contributed by atoms with Crippen LogP contribution in [0.2, 0.25) is 0 Å². The van der Waals surface area contributed by atoms with Crippen LogP contribution in [0.25, 0.3) is 0 Å². The molecule has 19 heavy (non-hydrogen) atoms. The fraction of sp³-hybridized carbons (Fsp3) is 0.467. The molecule has 0 radical (unpaired) electrons. The van der Waals surface area contributed by atoms with E-state index in [1.54, 1.807) is 0 Å². The van der Waals surface area contributed by atoms with Crippen LogP contribution in [0.1, 0.15) is 32.3 Å². The molecule has 0 aromatic heterocycles. The fourth-order valence-electron chi connectivity index (χ4n) is 1.86. The van der Waals surface area contributed by atoms with Gasteiger partial charge in [-0.2, -0.15) is 0 Å². The molecule has 0 saturated carbocycles. The van der Waals surface area contributed by atoms with Gasteiger partial charge in [0, 0.05) is 6.54 Å². The lowest BCUT2D eigenvalue weighted by Gasteiger charge is -2.18. The van der Waals surface area contributed by atoms with Crippen molar-refractivity contribution in [2.45, 2.75) is 26.7 Å². The Hall–Kier alpha value is -1.84. The van der Waals surface area contributed by atoms with Crippen LogP contribution < -0.4 is 5.32 Å². The van der Waals surface area contributed by atoms with E-state index in [2.05, 4.69) is 5.32 Å². The number of amides is 1. The minimum absolute atomic E-state index is 0.00942. The Morgan fingerprint density at radius 3 is 2.21 bits per heavy atom. The Kier molecular flexibility index (Phi) is 5.55. The molecule has 104 valence electrons. The Morgan fingerprint density at radius 1 is 1.16 bits per heavy atom. The molecular formula is C15H21NO3. The Balaban J connectivity index is 2.58. The summed E-state index contributed by atoms with van der Waals surface area (Å²) in [6.45, 7) is 5.66. The lowest BCUT2D eigenvalue weighted by atomic mass is 9.95. The largest absolute Gasteiger partial charge is 0.481 e. The Labute approximate surface area is 113 Å². The molecule has 2 atom stereocenters. The van der Waals surface area contributed by atoms with Crippen molar-refractivity contribution in [2.24, 2.45) is 11.8 Å². The van der Waals surface area contributed by atoms with Crippen molar-refractivity contribution in [3.05, 3.63) is 35.9 Å². The number of benzene rings is 1. The van der Waals surface area contributed by atoms with E-state index in [4.69, 9.17) is 5.11 Å². The minimum Gasteiger partial charge on any atom is -0.481 e. The molecule has 0 spiro atoms. The van der Waals surface area contributed by atoms with Gasteiger partial charge in [-0.1, -0.05) is 44.2 Å². The highest BCUT2D eigenvalue weighted by Gasteiger charge is 2.23. The molecule has 0 fully saturated rings. The Morgan fingerprint density at radius 2 is 1.74 bits per heavy atom. The molecular weight excluding hydrogens is 242 g/mol. The first-order valence-corrected chi connectivity index (χ1v) is 6.49. The van der Waals surface area contributed by atoms with E-state index < -0.39 is 11.9 Å². The van der Waals surface area contributed by atoms with Crippen LogP contribution in [0, 0.1) is 11.8 Å². The average molecular weight is 263 g/mol. The van der Waals surface area contributed by atoms with Crippen molar-refractivity contribution in [2.75, 3.05) is 6.54 Å². The van der Waals surface area contributed by atoms with Crippen molar-refractivity contribution in [3.63, 3.8) is 0 Å².